The predicted molar refractivity (Wildman–Crippen MR) is 83.6 cm³/mol. The van der Waals surface area contributed by atoms with Crippen LogP contribution in [0.5, 0.6) is 0 Å². The van der Waals surface area contributed by atoms with Crippen molar-refractivity contribution < 1.29 is 9.90 Å². The van der Waals surface area contributed by atoms with E-state index in [0.717, 1.165) is 5.56 Å². The van der Waals surface area contributed by atoms with Crippen LogP contribution in [0.3, 0.4) is 0 Å². The maximum Gasteiger partial charge on any atom is 0.356 e. The number of carboxylic acid groups (broad SMARTS) is 1. The fourth-order valence-corrected chi connectivity index (χ4v) is 2.87. The van der Waals surface area contributed by atoms with Gasteiger partial charge in [-0.3, -0.25) is 4.90 Å². The minimum atomic E-state index is -1.06. The molecular formula is C17H19N3O2. The Kier molecular flexibility index (Phi) is 4.15. The number of rotatable bonds is 4. The van der Waals surface area contributed by atoms with Crippen molar-refractivity contribution in [3.8, 4) is 11.3 Å². The van der Waals surface area contributed by atoms with Crippen LogP contribution < -0.4 is 0 Å². The molecule has 2 aromatic rings. The average Bonchev–Trinajstić information content (AvgIpc) is 3.09. The second-order valence-electron chi connectivity index (χ2n) is 5.65. The molecule has 1 atom stereocenters. The summed E-state index contributed by atoms with van der Waals surface area (Å²) in [4.78, 5) is 13.3. The summed E-state index contributed by atoms with van der Waals surface area (Å²) >= 11 is 0. The third-order valence-electron chi connectivity index (χ3n) is 4.26. The van der Waals surface area contributed by atoms with Gasteiger partial charge in [0.05, 0.1) is 5.69 Å². The number of nitrogens with zero attached hydrogens (tertiary/aromatic N) is 3. The summed E-state index contributed by atoms with van der Waals surface area (Å²) in [5, 5.41) is 16.5. The summed E-state index contributed by atoms with van der Waals surface area (Å²) in [5.41, 5.74) is 2.89. The van der Waals surface area contributed by atoms with Crippen LogP contribution in [0.2, 0.25) is 0 Å². The van der Waals surface area contributed by atoms with Crippen LogP contribution in [-0.4, -0.2) is 39.3 Å². The van der Waals surface area contributed by atoms with Crippen LogP contribution in [0, 0.1) is 0 Å². The Morgan fingerprint density at radius 1 is 1.09 bits per heavy atom. The number of carbonyl (C=O) groups is 1. The highest BCUT2D eigenvalue weighted by Gasteiger charge is 2.19. The van der Waals surface area contributed by atoms with Crippen molar-refractivity contribution in [2.24, 2.45) is 0 Å². The van der Waals surface area contributed by atoms with Gasteiger partial charge in [-0.1, -0.05) is 24.3 Å². The first-order valence-corrected chi connectivity index (χ1v) is 7.56. The molecule has 0 bridgehead atoms. The molecule has 0 unspecified atom stereocenters. The minimum absolute atomic E-state index is 0.0389. The van der Waals surface area contributed by atoms with Crippen LogP contribution in [0.15, 0.2) is 36.4 Å². The van der Waals surface area contributed by atoms with Gasteiger partial charge < -0.3 is 5.11 Å². The highest BCUT2D eigenvalue weighted by atomic mass is 16.4. The van der Waals surface area contributed by atoms with Crippen LogP contribution >= 0.6 is 0 Å². The zero-order chi connectivity index (χ0) is 15.5. The average molecular weight is 297 g/mol. The van der Waals surface area contributed by atoms with Crippen molar-refractivity contribution in [3.63, 3.8) is 0 Å². The minimum Gasteiger partial charge on any atom is -0.476 e. The number of aromatic carboxylic acids is 1. The molecule has 1 aromatic heterocycles. The smallest absolute Gasteiger partial charge is 0.356 e. The van der Waals surface area contributed by atoms with E-state index >= 15 is 0 Å². The predicted octanol–water partition coefficient (Wildman–Crippen LogP) is 3.00. The molecule has 1 saturated heterocycles. The van der Waals surface area contributed by atoms with Gasteiger partial charge in [0.2, 0.25) is 0 Å². The molecule has 1 aromatic carbocycles. The maximum atomic E-state index is 10.8. The normalized spacial score (nSPS) is 16.6. The number of benzene rings is 1. The van der Waals surface area contributed by atoms with E-state index in [-0.39, 0.29) is 5.69 Å². The van der Waals surface area contributed by atoms with Gasteiger partial charge in [-0.15, -0.1) is 10.2 Å². The molecule has 5 nitrogen and oxygen atoms in total. The van der Waals surface area contributed by atoms with E-state index in [2.05, 4.69) is 34.2 Å². The van der Waals surface area contributed by atoms with E-state index in [1.165, 1.54) is 37.6 Å². The van der Waals surface area contributed by atoms with Crippen molar-refractivity contribution >= 4 is 5.97 Å². The van der Waals surface area contributed by atoms with Gasteiger partial charge in [0.1, 0.15) is 0 Å². The van der Waals surface area contributed by atoms with E-state index < -0.39 is 5.97 Å². The van der Waals surface area contributed by atoms with Crippen LogP contribution in [0.25, 0.3) is 11.3 Å². The molecule has 1 aliphatic rings. The van der Waals surface area contributed by atoms with Crippen molar-refractivity contribution in [3.05, 3.63) is 47.7 Å². The van der Waals surface area contributed by atoms with Gasteiger partial charge in [-0.05, 0) is 50.6 Å². The fourth-order valence-electron chi connectivity index (χ4n) is 2.87. The first-order chi connectivity index (χ1) is 10.6. The molecule has 114 valence electrons. The van der Waals surface area contributed by atoms with Gasteiger partial charge in [0.25, 0.3) is 0 Å². The Morgan fingerprint density at radius 2 is 1.77 bits per heavy atom. The first kappa shape index (κ1) is 14.7. The van der Waals surface area contributed by atoms with Crippen LogP contribution in [0.1, 0.15) is 41.9 Å². The van der Waals surface area contributed by atoms with Gasteiger partial charge in [0.15, 0.2) is 5.69 Å². The molecule has 1 aliphatic heterocycles. The number of hydrogen-bond donors (Lipinski definition) is 1. The van der Waals surface area contributed by atoms with E-state index in [0.29, 0.717) is 11.7 Å². The number of likely N-dealkylation sites (tertiary alicyclic amines) is 1. The highest BCUT2D eigenvalue weighted by molar-refractivity contribution is 5.85. The van der Waals surface area contributed by atoms with Crippen LogP contribution in [0.4, 0.5) is 0 Å². The third kappa shape index (κ3) is 2.99. The molecule has 3 rings (SSSR count). The molecular weight excluding hydrogens is 278 g/mol. The quantitative estimate of drug-likeness (QED) is 0.939. The molecule has 0 amide bonds. The van der Waals surface area contributed by atoms with Gasteiger partial charge in [-0.2, -0.15) is 0 Å². The SMILES string of the molecule is C[C@H](c1ccc(-c2ccc(C(=O)O)nn2)cc1)N1CCCC1. The summed E-state index contributed by atoms with van der Waals surface area (Å²) in [5.74, 6) is -1.06. The lowest BCUT2D eigenvalue weighted by Gasteiger charge is -2.24. The molecule has 0 aliphatic carbocycles. The van der Waals surface area contributed by atoms with Crippen molar-refractivity contribution in [1.29, 1.82) is 0 Å². The van der Waals surface area contributed by atoms with E-state index in [4.69, 9.17) is 5.11 Å². The molecule has 22 heavy (non-hydrogen) atoms. The van der Waals surface area contributed by atoms with Crippen molar-refractivity contribution in [1.82, 2.24) is 15.1 Å². The maximum absolute atomic E-state index is 10.8. The molecule has 1 N–H and O–H groups in total. The molecule has 0 saturated carbocycles. The fraction of sp³-hybridized carbons (Fsp3) is 0.353. The summed E-state index contributed by atoms with van der Waals surface area (Å²) in [6.45, 7) is 4.58. The zero-order valence-corrected chi connectivity index (χ0v) is 12.6. The second kappa shape index (κ2) is 6.23. The van der Waals surface area contributed by atoms with Crippen molar-refractivity contribution in [2.75, 3.05) is 13.1 Å². The summed E-state index contributed by atoms with van der Waals surface area (Å²) < 4.78 is 0. The lowest BCUT2D eigenvalue weighted by atomic mass is 10.0. The van der Waals surface area contributed by atoms with Gasteiger partial charge in [0, 0.05) is 11.6 Å². The summed E-state index contributed by atoms with van der Waals surface area (Å²) in [7, 11) is 0. The standard InChI is InChI=1S/C17H19N3O2/c1-12(20-10-2-3-11-20)13-4-6-14(7-5-13)15-8-9-16(17(21)22)19-18-15/h4-9,12H,2-3,10-11H2,1H3,(H,21,22)/t12-/m1/s1. The Balaban J connectivity index is 1.77. The number of aromatic nitrogens is 2. The van der Waals surface area contributed by atoms with Crippen LogP contribution in [-0.2, 0) is 0 Å². The second-order valence-corrected chi connectivity index (χ2v) is 5.65. The molecule has 2 heterocycles. The Bertz CT molecular complexity index is 647. The molecule has 1 fully saturated rings. The van der Waals surface area contributed by atoms with E-state index in [1.807, 2.05) is 12.1 Å². The number of carboxylic acids is 1. The van der Waals surface area contributed by atoms with Gasteiger partial charge >= 0.3 is 5.97 Å². The van der Waals surface area contributed by atoms with Gasteiger partial charge in [-0.25, -0.2) is 4.79 Å². The Labute approximate surface area is 129 Å². The third-order valence-corrected chi connectivity index (χ3v) is 4.26. The lowest BCUT2D eigenvalue weighted by Crippen LogP contribution is -2.23. The Hall–Kier alpha value is -2.27. The van der Waals surface area contributed by atoms with Crippen molar-refractivity contribution in [2.45, 2.75) is 25.8 Å². The summed E-state index contributed by atoms with van der Waals surface area (Å²) in [6.07, 6.45) is 2.57. The molecule has 0 spiro atoms. The molecule has 0 radical (unpaired) electrons. The zero-order valence-electron chi connectivity index (χ0n) is 12.6. The van der Waals surface area contributed by atoms with E-state index in [1.54, 1.807) is 6.07 Å². The lowest BCUT2D eigenvalue weighted by molar-refractivity contribution is 0.0689. The number of hydrogen-bond acceptors (Lipinski definition) is 4. The topological polar surface area (TPSA) is 66.3 Å². The highest BCUT2D eigenvalue weighted by Crippen LogP contribution is 2.26. The Morgan fingerprint density at radius 3 is 2.32 bits per heavy atom. The summed E-state index contributed by atoms with van der Waals surface area (Å²) in [6, 6.07) is 11.9. The van der Waals surface area contributed by atoms with E-state index in [9.17, 15) is 4.79 Å². The monoisotopic (exact) mass is 297 g/mol. The largest absolute Gasteiger partial charge is 0.476 e. The first-order valence-electron chi connectivity index (χ1n) is 7.56. The molecule has 5 heteroatoms.